The quantitative estimate of drug-likeness (QED) is 0.0575. The van der Waals surface area contributed by atoms with Gasteiger partial charge in [-0.1, -0.05) is 72.6 Å². The molecule has 2 spiro atoms. The summed E-state index contributed by atoms with van der Waals surface area (Å²) < 4.78 is 56.2. The zero-order valence-corrected chi connectivity index (χ0v) is 56.0. The molecule has 3 amide bonds. The second-order valence-electron chi connectivity index (χ2n) is 25.4. The van der Waals surface area contributed by atoms with Gasteiger partial charge in [-0.2, -0.15) is 24.5 Å². The fraction of sp³-hybridized carbons (Fsp3) is 0.477. The van der Waals surface area contributed by atoms with E-state index in [9.17, 15) is 31.2 Å². The van der Waals surface area contributed by atoms with Crippen LogP contribution in [0.5, 0.6) is 0 Å². The number of primary sulfonamides is 2. The van der Waals surface area contributed by atoms with Crippen molar-refractivity contribution in [2.75, 3.05) is 11.1 Å². The molecule has 0 saturated heterocycles. The Labute approximate surface area is 563 Å². The van der Waals surface area contributed by atoms with Gasteiger partial charge in [0.1, 0.15) is 33.6 Å². The number of anilines is 3. The number of fused-ring (bicyclic) bond motifs is 9. The molecule has 30 heteroatoms. The Bertz CT molecular complexity index is 4340. The number of sulfonamides is 2. The second-order valence-corrected chi connectivity index (χ2v) is 29.2. The van der Waals surface area contributed by atoms with E-state index in [1.807, 2.05) is 47.6 Å². The summed E-state index contributed by atoms with van der Waals surface area (Å²) in [5.74, 6) is 0.562. The van der Waals surface area contributed by atoms with Crippen molar-refractivity contribution in [3.05, 3.63) is 113 Å². The number of ether oxygens (including phenoxy) is 1. The van der Waals surface area contributed by atoms with Crippen LogP contribution >= 0.6 is 23.2 Å². The summed E-state index contributed by atoms with van der Waals surface area (Å²) in [7, 11) is -7.33. The number of nitrogens with two attached hydrogens (primary N) is 3. The van der Waals surface area contributed by atoms with Gasteiger partial charge in [-0.15, -0.1) is 0 Å². The molecule has 95 heavy (non-hydrogen) atoms. The van der Waals surface area contributed by atoms with E-state index < -0.39 is 42.8 Å². The minimum absolute atomic E-state index is 0. The molecule has 0 unspecified atom stereocenters. The highest BCUT2D eigenvalue weighted by atomic mass is 35.5. The lowest BCUT2D eigenvalue weighted by molar-refractivity contribution is -0.191. The van der Waals surface area contributed by atoms with Crippen LogP contribution in [0.2, 0.25) is 10.6 Å². The van der Waals surface area contributed by atoms with Gasteiger partial charge in [0.2, 0.25) is 48.4 Å². The van der Waals surface area contributed by atoms with E-state index >= 15 is 0 Å². The number of benzene rings is 2. The lowest BCUT2D eigenvalue weighted by Crippen LogP contribution is -2.55. The largest absolute Gasteiger partial charge is 0.444 e. The number of nitrogens with one attached hydrogen (secondary N) is 4. The molecule has 2 aromatic carbocycles. The lowest BCUT2D eigenvalue weighted by Gasteiger charge is -2.43. The molecule has 0 radical (unpaired) electrons. The molecule has 512 valence electrons. The smallest absolute Gasteiger partial charge is 0.408 e. The first kappa shape index (κ1) is 74.3. The van der Waals surface area contributed by atoms with Gasteiger partial charge in [-0.05, 0) is 177 Å². The standard InChI is InChI=1S/C21H24N6O3S.C20H29ClN4O2.C15H17ClN4O.C6H8N2O2S.CO2.2CH4/c1-13-17-11-14-12-23-20(25-15-5-7-16(8-6-15)31(22,29)30)26-18(14)27(17)21(19(28)24-13)9-3-2-4-10-21;1-13(23-18(26)27-19(2,3)4)15-11-14-12-22-17(21)24-16(14)25(15)20(5)9-7-6-8-10-20;1-9-11-7-10-8-17-14(16)19-12(10)20(11)15(13(21)18-9)5-3-2-4-6-15;7-5-1-3-6(4-2-5)11(8,9)10;2-1-3;;/h5-8,11-13H,2-4,9-10H2,1H3,(H,24,28)(H2,22,29,30)(H,23,25,26);11-13H,6-10H2,1-5H3,(H,23,26);7-9H,2-6H2,1H3,(H,18,21);1-4H,7H2,(H2,8,9,10);;2*1H4/t2*13-;9-;;;;/m000..../s1. The molecule has 0 bridgehead atoms. The number of carbonyl (C=O) groups is 3. The molecule has 10 N–H and O–H groups in total. The summed E-state index contributed by atoms with van der Waals surface area (Å²) >= 11 is 12.1. The van der Waals surface area contributed by atoms with Gasteiger partial charge >= 0.3 is 12.2 Å². The van der Waals surface area contributed by atoms with Crippen LogP contribution in [0.1, 0.15) is 195 Å². The topological polar surface area (TPSA) is 381 Å². The van der Waals surface area contributed by atoms with Crippen LogP contribution in [0.3, 0.4) is 0 Å². The van der Waals surface area contributed by atoms with Gasteiger partial charge in [-0.25, -0.2) is 46.9 Å². The van der Waals surface area contributed by atoms with Crippen molar-refractivity contribution in [3.8, 4) is 0 Å². The highest BCUT2D eigenvalue weighted by Gasteiger charge is 2.49. The van der Waals surface area contributed by atoms with Gasteiger partial charge < -0.3 is 45.4 Å². The maximum absolute atomic E-state index is 13.1. The molecule has 8 aromatic rings. The third-order valence-electron chi connectivity index (χ3n) is 17.6. The number of nitrogens with zero attached hydrogens (tertiary/aromatic N) is 9. The normalized spacial score (nSPS) is 18.6. The van der Waals surface area contributed by atoms with Crippen molar-refractivity contribution >= 4 is 118 Å². The van der Waals surface area contributed by atoms with Gasteiger partial charge in [0.25, 0.3) is 0 Å². The molecule has 3 saturated carbocycles. The predicted octanol–water partition coefficient (Wildman–Crippen LogP) is 11.6. The van der Waals surface area contributed by atoms with Crippen LogP contribution in [0, 0.1) is 0 Å². The first-order chi connectivity index (χ1) is 43.9. The first-order valence-electron chi connectivity index (χ1n) is 30.8. The van der Waals surface area contributed by atoms with Crippen LogP contribution in [-0.4, -0.2) is 90.1 Å². The van der Waals surface area contributed by atoms with E-state index in [0.717, 1.165) is 121 Å². The number of nitrogen functional groups attached to an aromatic ring is 1. The molecule has 8 heterocycles. The van der Waals surface area contributed by atoms with Crippen molar-refractivity contribution in [3.63, 3.8) is 0 Å². The summed E-state index contributed by atoms with van der Waals surface area (Å²) in [6.45, 7) is 13.8. The van der Waals surface area contributed by atoms with Gasteiger partial charge in [0.15, 0.2) is 0 Å². The summed E-state index contributed by atoms with van der Waals surface area (Å²) in [6.07, 6.45) is 20.6. The van der Waals surface area contributed by atoms with Crippen molar-refractivity contribution in [2.45, 2.75) is 210 Å². The lowest BCUT2D eigenvalue weighted by atomic mass is 9.79. The van der Waals surface area contributed by atoms with E-state index in [1.54, 1.807) is 30.7 Å². The van der Waals surface area contributed by atoms with Crippen molar-refractivity contribution in [1.29, 1.82) is 0 Å². The minimum Gasteiger partial charge on any atom is -0.444 e. The van der Waals surface area contributed by atoms with Gasteiger partial charge in [0, 0.05) is 68.7 Å². The van der Waals surface area contributed by atoms with Crippen molar-refractivity contribution in [2.24, 2.45) is 10.3 Å². The Morgan fingerprint density at radius 2 is 1.03 bits per heavy atom. The van der Waals surface area contributed by atoms with Crippen LogP contribution < -0.4 is 37.3 Å². The third kappa shape index (κ3) is 16.4. The molecule has 3 fully saturated rings. The first-order valence-corrected chi connectivity index (χ1v) is 34.6. The molecular weight excluding hydrogens is 1300 g/mol. The zero-order chi connectivity index (χ0) is 67.4. The number of halogens is 2. The predicted molar refractivity (Wildman–Crippen MR) is 364 cm³/mol. The molecule has 3 atom stereocenters. The SMILES string of the molecule is C.C.C[C@@H]1NC(=O)C2(CCCCC2)n2c1cc1cnc(Cl)nc12.C[C@@H]1NC(=O)C2(CCCCC2)n2c1cc1cnc(Nc3ccc(S(N)(=O)=O)cc3)nc12.C[C@H](NC(=O)OC(C)(C)C)c1cc2cnc(Cl)nc2n1C1(C)CCCCC1.Nc1ccc(S(N)(=O)=O)cc1.O=C=O. The van der Waals surface area contributed by atoms with Crippen LogP contribution in [0.15, 0.2) is 95.1 Å². The average Bonchev–Trinajstić information content (AvgIpc) is 1.64. The molecule has 5 aliphatic rings. The maximum Gasteiger partial charge on any atom is 0.408 e. The Balaban J connectivity index is 0.000000183. The van der Waals surface area contributed by atoms with E-state index in [1.165, 1.54) is 62.1 Å². The number of amides is 3. The number of alkyl carbamates (subject to hydrolysis) is 1. The Kier molecular flexibility index (Phi) is 23.4. The number of rotatable bonds is 7. The van der Waals surface area contributed by atoms with Crippen LogP contribution in [0.4, 0.5) is 22.1 Å². The molecule has 26 nitrogen and oxygen atoms in total. The highest BCUT2D eigenvalue weighted by molar-refractivity contribution is 7.89. The number of carbonyl (C=O) groups excluding carboxylic acids is 5. The summed E-state index contributed by atoms with van der Waals surface area (Å²) in [4.78, 5) is 80.8. The zero-order valence-electron chi connectivity index (χ0n) is 52.8. The molecular formula is C65H86Cl2N16O10S2. The Morgan fingerprint density at radius 3 is 1.46 bits per heavy atom. The minimum atomic E-state index is -3.75. The second kappa shape index (κ2) is 29.9. The van der Waals surface area contributed by atoms with Gasteiger partial charge in [0.05, 0.1) is 27.9 Å². The number of aromatic nitrogens is 9. The van der Waals surface area contributed by atoms with Crippen molar-refractivity contribution in [1.82, 2.24) is 59.6 Å². The Morgan fingerprint density at radius 1 is 0.642 bits per heavy atom. The van der Waals surface area contributed by atoms with E-state index in [-0.39, 0.29) is 76.8 Å². The monoisotopic (exact) mass is 1380 g/mol. The van der Waals surface area contributed by atoms with E-state index in [4.69, 9.17) is 58.5 Å². The number of hydrogen-bond donors (Lipinski definition) is 7. The average molecular weight is 1390 g/mol. The summed E-state index contributed by atoms with van der Waals surface area (Å²) in [5, 5.41) is 25.6. The fourth-order valence-corrected chi connectivity index (χ4v) is 14.6. The van der Waals surface area contributed by atoms with Crippen LogP contribution in [0.25, 0.3) is 33.1 Å². The third-order valence-corrected chi connectivity index (χ3v) is 19.8. The van der Waals surface area contributed by atoms with E-state index in [0.29, 0.717) is 17.3 Å². The number of hydrogen-bond acceptors (Lipinski definition) is 18. The van der Waals surface area contributed by atoms with Gasteiger partial charge in [-0.3, -0.25) is 9.59 Å². The fourth-order valence-electron chi connectivity index (χ4n) is 13.3. The Hall–Kier alpha value is -8.11. The van der Waals surface area contributed by atoms with Crippen molar-refractivity contribution < 1.29 is 45.5 Å². The van der Waals surface area contributed by atoms with E-state index in [2.05, 4.69) is 78.9 Å². The molecule has 3 aliphatic carbocycles. The maximum atomic E-state index is 13.1. The van der Waals surface area contributed by atoms with Crippen LogP contribution in [-0.2, 0) is 60.6 Å². The highest BCUT2D eigenvalue weighted by Crippen LogP contribution is 2.46. The molecule has 13 rings (SSSR count). The summed E-state index contributed by atoms with van der Waals surface area (Å²) in [6, 6.07) is 17.6. The molecule has 6 aromatic heterocycles. The summed E-state index contributed by atoms with van der Waals surface area (Å²) in [5.41, 5.74) is 10.3. The molecule has 2 aliphatic heterocycles.